The summed E-state index contributed by atoms with van der Waals surface area (Å²) in [4.78, 5) is 12.3. The molecule has 1 heterocycles. The number of carbonyl (C=O) groups is 1. The van der Waals surface area contributed by atoms with Crippen LogP contribution in [0.2, 0.25) is 0 Å². The van der Waals surface area contributed by atoms with Crippen LogP contribution in [0.4, 0.5) is 0 Å². The van der Waals surface area contributed by atoms with Crippen molar-refractivity contribution in [1.29, 1.82) is 0 Å². The monoisotopic (exact) mass is 254 g/mol. The molecule has 1 aliphatic heterocycles. The van der Waals surface area contributed by atoms with Crippen molar-refractivity contribution in [3.05, 3.63) is 0 Å². The topological polar surface area (TPSA) is 61.4 Å². The maximum atomic E-state index is 12.3. The summed E-state index contributed by atoms with van der Waals surface area (Å²) in [5.74, 6) is 0.140. The number of amides is 1. The number of aliphatic hydroxyl groups excluding tert-OH is 1. The summed E-state index contributed by atoms with van der Waals surface area (Å²) in [7, 11) is 0. The lowest BCUT2D eigenvalue weighted by molar-refractivity contribution is -0.127. The highest BCUT2D eigenvalue weighted by molar-refractivity contribution is 5.83. The van der Waals surface area contributed by atoms with Crippen molar-refractivity contribution in [2.45, 2.75) is 70.6 Å². The third kappa shape index (κ3) is 3.23. The van der Waals surface area contributed by atoms with Crippen molar-refractivity contribution < 1.29 is 9.90 Å². The molecule has 0 aromatic rings. The summed E-state index contributed by atoms with van der Waals surface area (Å²) in [6.07, 6.45) is 5.51. The second kappa shape index (κ2) is 5.57. The van der Waals surface area contributed by atoms with Crippen molar-refractivity contribution in [1.82, 2.24) is 10.6 Å². The van der Waals surface area contributed by atoms with E-state index in [2.05, 4.69) is 24.5 Å². The van der Waals surface area contributed by atoms with E-state index < -0.39 is 0 Å². The van der Waals surface area contributed by atoms with Crippen molar-refractivity contribution in [2.24, 2.45) is 5.41 Å². The third-order valence-corrected chi connectivity index (χ3v) is 4.43. The van der Waals surface area contributed by atoms with Gasteiger partial charge in [0.2, 0.25) is 5.91 Å². The molecule has 4 nitrogen and oxygen atoms in total. The van der Waals surface area contributed by atoms with E-state index in [9.17, 15) is 9.90 Å². The molecule has 1 saturated heterocycles. The highest BCUT2D eigenvalue weighted by Gasteiger charge is 2.37. The van der Waals surface area contributed by atoms with Crippen LogP contribution in [-0.2, 0) is 4.79 Å². The van der Waals surface area contributed by atoms with E-state index in [0.29, 0.717) is 0 Å². The number of carbonyl (C=O) groups excluding carboxylic acids is 1. The van der Waals surface area contributed by atoms with Gasteiger partial charge in [-0.15, -0.1) is 0 Å². The second-order valence-corrected chi connectivity index (χ2v) is 6.49. The quantitative estimate of drug-likeness (QED) is 0.693. The van der Waals surface area contributed by atoms with Gasteiger partial charge in [0.25, 0.3) is 0 Å². The predicted molar refractivity (Wildman–Crippen MR) is 71.2 cm³/mol. The first-order valence-corrected chi connectivity index (χ1v) is 7.21. The molecule has 2 fully saturated rings. The lowest BCUT2D eigenvalue weighted by atomic mass is 9.77. The molecule has 2 aliphatic rings. The lowest BCUT2D eigenvalue weighted by Crippen LogP contribution is -2.57. The summed E-state index contributed by atoms with van der Waals surface area (Å²) in [6, 6.07) is 0.179. The molecule has 0 bridgehead atoms. The highest BCUT2D eigenvalue weighted by Crippen LogP contribution is 2.30. The minimum atomic E-state index is -0.164. The van der Waals surface area contributed by atoms with Gasteiger partial charge in [-0.3, -0.25) is 4.79 Å². The maximum Gasteiger partial charge on any atom is 0.237 e. The molecule has 0 aromatic heterocycles. The average molecular weight is 254 g/mol. The molecule has 18 heavy (non-hydrogen) atoms. The van der Waals surface area contributed by atoms with Crippen LogP contribution in [0.25, 0.3) is 0 Å². The molecule has 0 spiro atoms. The van der Waals surface area contributed by atoms with Gasteiger partial charge in [-0.1, -0.05) is 13.8 Å². The standard InChI is InChI=1S/C14H26N2O2/c1-14(2)8-3-9-15-12(14)13(18)16-10-4-6-11(17)7-5-10/h10-12,15,17H,3-9H2,1-2H3,(H,16,18). The van der Waals surface area contributed by atoms with Crippen molar-refractivity contribution >= 4 is 5.91 Å². The normalized spacial score (nSPS) is 36.1. The summed E-state index contributed by atoms with van der Waals surface area (Å²) < 4.78 is 0. The number of rotatable bonds is 2. The van der Waals surface area contributed by atoms with Gasteiger partial charge in [0.05, 0.1) is 12.1 Å². The lowest BCUT2D eigenvalue weighted by Gasteiger charge is -2.39. The van der Waals surface area contributed by atoms with Gasteiger partial charge in [0.15, 0.2) is 0 Å². The Bertz CT molecular complexity index is 296. The Morgan fingerprint density at radius 1 is 1.28 bits per heavy atom. The van der Waals surface area contributed by atoms with Gasteiger partial charge in [-0.2, -0.15) is 0 Å². The van der Waals surface area contributed by atoms with Crippen molar-refractivity contribution in [3.63, 3.8) is 0 Å². The number of hydrogen-bond donors (Lipinski definition) is 3. The molecule has 0 radical (unpaired) electrons. The Labute approximate surface area is 110 Å². The van der Waals surface area contributed by atoms with Crippen LogP contribution in [-0.4, -0.2) is 35.7 Å². The first kappa shape index (κ1) is 13.8. The fraction of sp³-hybridized carbons (Fsp3) is 0.929. The number of hydrogen-bond acceptors (Lipinski definition) is 3. The zero-order valence-corrected chi connectivity index (χ0v) is 11.5. The van der Waals surface area contributed by atoms with Crippen LogP contribution in [0.1, 0.15) is 52.4 Å². The molecule has 1 unspecified atom stereocenters. The minimum absolute atomic E-state index is 0.0382. The molecule has 2 rings (SSSR count). The van der Waals surface area contributed by atoms with Gasteiger partial charge in [-0.25, -0.2) is 0 Å². The largest absolute Gasteiger partial charge is 0.393 e. The SMILES string of the molecule is CC1(C)CCCNC1C(=O)NC1CCC(O)CC1. The summed E-state index contributed by atoms with van der Waals surface area (Å²) in [5.41, 5.74) is 0.0382. The molecule has 1 amide bonds. The summed E-state index contributed by atoms with van der Waals surface area (Å²) in [5, 5.41) is 16.0. The highest BCUT2D eigenvalue weighted by atomic mass is 16.3. The van der Waals surface area contributed by atoms with Gasteiger partial charge < -0.3 is 15.7 Å². The maximum absolute atomic E-state index is 12.3. The van der Waals surface area contributed by atoms with Gasteiger partial charge >= 0.3 is 0 Å². The van der Waals surface area contributed by atoms with Crippen molar-refractivity contribution in [2.75, 3.05) is 6.54 Å². The molecule has 3 N–H and O–H groups in total. The Kier molecular flexibility index (Phi) is 4.28. The first-order chi connectivity index (χ1) is 8.49. The average Bonchev–Trinajstić information content (AvgIpc) is 2.31. The molecule has 4 heteroatoms. The third-order valence-electron chi connectivity index (χ3n) is 4.43. The zero-order chi connectivity index (χ0) is 13.2. The summed E-state index contributed by atoms with van der Waals surface area (Å²) >= 11 is 0. The van der Waals surface area contributed by atoms with E-state index in [1.54, 1.807) is 0 Å². The minimum Gasteiger partial charge on any atom is -0.393 e. The van der Waals surface area contributed by atoms with Crippen LogP contribution < -0.4 is 10.6 Å². The fourth-order valence-corrected chi connectivity index (χ4v) is 3.16. The molecule has 1 saturated carbocycles. The molecular weight excluding hydrogens is 228 g/mol. The number of nitrogens with one attached hydrogen (secondary N) is 2. The van der Waals surface area contributed by atoms with Crippen LogP contribution in [0.5, 0.6) is 0 Å². The molecule has 0 aromatic carbocycles. The van der Waals surface area contributed by atoms with E-state index >= 15 is 0 Å². The van der Waals surface area contributed by atoms with E-state index in [4.69, 9.17) is 0 Å². The van der Waals surface area contributed by atoms with Crippen LogP contribution in [0.3, 0.4) is 0 Å². The number of piperidine rings is 1. The molecule has 1 aliphatic carbocycles. The Hall–Kier alpha value is -0.610. The van der Waals surface area contributed by atoms with E-state index in [-0.39, 0.29) is 29.5 Å². The van der Waals surface area contributed by atoms with Crippen LogP contribution in [0, 0.1) is 5.41 Å². The zero-order valence-electron chi connectivity index (χ0n) is 11.5. The molecular formula is C14H26N2O2. The van der Waals surface area contributed by atoms with E-state index in [1.165, 1.54) is 0 Å². The van der Waals surface area contributed by atoms with Crippen molar-refractivity contribution in [3.8, 4) is 0 Å². The van der Waals surface area contributed by atoms with Gasteiger partial charge in [0.1, 0.15) is 0 Å². The number of aliphatic hydroxyl groups is 1. The fourth-order valence-electron chi connectivity index (χ4n) is 3.16. The van der Waals surface area contributed by atoms with E-state index in [0.717, 1.165) is 45.1 Å². The van der Waals surface area contributed by atoms with Crippen LogP contribution >= 0.6 is 0 Å². The molecule has 104 valence electrons. The Morgan fingerprint density at radius 3 is 2.56 bits per heavy atom. The Morgan fingerprint density at radius 2 is 1.94 bits per heavy atom. The summed E-state index contributed by atoms with van der Waals surface area (Å²) in [6.45, 7) is 5.26. The van der Waals surface area contributed by atoms with Gasteiger partial charge in [0, 0.05) is 6.04 Å². The van der Waals surface area contributed by atoms with Gasteiger partial charge in [-0.05, 0) is 50.5 Å². The molecule has 1 atom stereocenters. The first-order valence-electron chi connectivity index (χ1n) is 7.21. The van der Waals surface area contributed by atoms with Crippen LogP contribution in [0.15, 0.2) is 0 Å². The second-order valence-electron chi connectivity index (χ2n) is 6.49. The smallest absolute Gasteiger partial charge is 0.237 e. The predicted octanol–water partition coefficient (Wildman–Crippen LogP) is 1.18. The Balaban J connectivity index is 1.87. The van der Waals surface area contributed by atoms with E-state index in [1.807, 2.05) is 0 Å².